The summed E-state index contributed by atoms with van der Waals surface area (Å²) >= 11 is 6.14. The Kier molecular flexibility index (Phi) is 3.81. The molecule has 3 aromatic heterocycles. The monoisotopic (exact) mass is 370 g/mol. The summed E-state index contributed by atoms with van der Waals surface area (Å²) < 4.78 is 20.3. The molecule has 5 N–H and O–H groups in total. The van der Waals surface area contributed by atoms with Crippen LogP contribution in [0.4, 0.5) is 16.2 Å². The van der Waals surface area contributed by atoms with Gasteiger partial charge in [0.1, 0.15) is 17.2 Å². The molecule has 0 unspecified atom stereocenters. The van der Waals surface area contributed by atoms with E-state index in [2.05, 4.69) is 19.9 Å². The van der Waals surface area contributed by atoms with Crippen molar-refractivity contribution < 1.29 is 9.13 Å². The first-order valence-corrected chi connectivity index (χ1v) is 7.88. The van der Waals surface area contributed by atoms with Gasteiger partial charge in [0, 0.05) is 24.2 Å². The topological polar surface area (TPSA) is 116 Å². The molecule has 0 radical (unpaired) electrons. The number of aromatic nitrogens is 4. The third-order valence-corrected chi connectivity index (χ3v) is 4.08. The first kappa shape index (κ1) is 16.1. The van der Waals surface area contributed by atoms with Crippen LogP contribution in [0.5, 0.6) is 11.5 Å². The van der Waals surface area contributed by atoms with E-state index in [1.807, 2.05) is 0 Å². The van der Waals surface area contributed by atoms with Crippen LogP contribution in [-0.4, -0.2) is 19.9 Å². The van der Waals surface area contributed by atoms with Crippen molar-refractivity contribution in [2.75, 3.05) is 11.5 Å². The van der Waals surface area contributed by atoms with Gasteiger partial charge in [-0.05, 0) is 23.8 Å². The molecule has 0 saturated heterocycles. The number of nitrogens with two attached hydrogens (primary N) is 2. The van der Waals surface area contributed by atoms with Gasteiger partial charge in [0.15, 0.2) is 11.6 Å². The zero-order chi connectivity index (χ0) is 18.3. The smallest absolute Gasteiger partial charge is 0.221 e. The summed E-state index contributed by atoms with van der Waals surface area (Å²) in [5.41, 5.74) is 12.8. The second-order valence-corrected chi connectivity index (χ2v) is 5.85. The fourth-order valence-corrected chi connectivity index (χ4v) is 2.81. The Labute approximate surface area is 151 Å². The van der Waals surface area contributed by atoms with Gasteiger partial charge in [-0.15, -0.1) is 0 Å². The van der Waals surface area contributed by atoms with E-state index in [0.717, 1.165) is 0 Å². The minimum Gasteiger partial charge on any atom is -0.453 e. The zero-order valence-electron chi connectivity index (χ0n) is 13.2. The Morgan fingerprint density at radius 3 is 2.73 bits per heavy atom. The van der Waals surface area contributed by atoms with E-state index in [1.165, 1.54) is 18.3 Å². The SMILES string of the molecule is Nc1ncc(-c2ccc(Oc3ccnc4[nH]cc(Cl)c34)c(F)c2)c(N)n1. The number of nitrogens with one attached hydrogen (secondary N) is 1. The van der Waals surface area contributed by atoms with E-state index in [4.69, 9.17) is 27.8 Å². The summed E-state index contributed by atoms with van der Waals surface area (Å²) in [6.07, 6.45) is 4.58. The molecule has 4 rings (SSSR count). The van der Waals surface area contributed by atoms with Crippen molar-refractivity contribution in [3.63, 3.8) is 0 Å². The van der Waals surface area contributed by atoms with E-state index in [-0.39, 0.29) is 17.5 Å². The number of nitrogens with zero attached hydrogens (tertiary/aromatic N) is 3. The number of nitrogen functional groups attached to an aromatic ring is 2. The van der Waals surface area contributed by atoms with Crippen LogP contribution >= 0.6 is 11.6 Å². The van der Waals surface area contributed by atoms with E-state index in [0.29, 0.717) is 32.9 Å². The number of fused-ring (bicyclic) bond motifs is 1. The summed E-state index contributed by atoms with van der Waals surface area (Å²) in [5.74, 6) is 0.0734. The molecule has 130 valence electrons. The minimum absolute atomic E-state index is 0.0356. The fraction of sp³-hybridized carbons (Fsp3) is 0. The normalized spacial score (nSPS) is 11.0. The van der Waals surface area contributed by atoms with Gasteiger partial charge in [-0.25, -0.2) is 14.4 Å². The molecular weight excluding hydrogens is 359 g/mol. The standard InChI is InChI=1S/C17H12ClFN6O/c18-10-7-23-16-14(10)13(3-4-22-16)26-12-2-1-8(5-11(12)19)9-6-24-17(21)25-15(9)20/h1-7H,(H,22,23)(H4,20,21,24,25). The molecule has 0 aliphatic rings. The summed E-state index contributed by atoms with van der Waals surface area (Å²) in [7, 11) is 0. The highest BCUT2D eigenvalue weighted by molar-refractivity contribution is 6.36. The highest BCUT2D eigenvalue weighted by Crippen LogP contribution is 2.36. The third-order valence-electron chi connectivity index (χ3n) is 3.79. The Morgan fingerprint density at radius 2 is 1.96 bits per heavy atom. The number of hydrogen-bond donors (Lipinski definition) is 3. The van der Waals surface area contributed by atoms with E-state index in [1.54, 1.807) is 24.5 Å². The van der Waals surface area contributed by atoms with Gasteiger partial charge in [0.25, 0.3) is 0 Å². The Morgan fingerprint density at radius 1 is 1.12 bits per heavy atom. The quantitative estimate of drug-likeness (QED) is 0.505. The Balaban J connectivity index is 1.71. The van der Waals surface area contributed by atoms with E-state index < -0.39 is 5.82 Å². The van der Waals surface area contributed by atoms with Gasteiger partial charge in [-0.2, -0.15) is 4.98 Å². The number of pyridine rings is 1. The molecule has 7 nitrogen and oxygen atoms in total. The Hall–Kier alpha value is -3.39. The van der Waals surface area contributed by atoms with Crippen LogP contribution in [0.25, 0.3) is 22.2 Å². The molecule has 0 spiro atoms. The molecule has 0 bridgehead atoms. The molecule has 1 aromatic carbocycles. The third kappa shape index (κ3) is 2.76. The predicted octanol–water partition coefficient (Wildman–Crippen LogP) is 3.77. The number of benzene rings is 1. The zero-order valence-corrected chi connectivity index (χ0v) is 14.0. The lowest BCUT2D eigenvalue weighted by atomic mass is 10.1. The van der Waals surface area contributed by atoms with Gasteiger partial charge in [0.2, 0.25) is 5.95 Å². The maximum absolute atomic E-state index is 14.6. The largest absolute Gasteiger partial charge is 0.453 e. The highest BCUT2D eigenvalue weighted by Gasteiger charge is 2.14. The molecule has 0 aliphatic heterocycles. The maximum Gasteiger partial charge on any atom is 0.221 e. The lowest BCUT2D eigenvalue weighted by Gasteiger charge is -2.10. The number of halogens is 2. The van der Waals surface area contributed by atoms with Crippen molar-refractivity contribution in [1.29, 1.82) is 0 Å². The number of ether oxygens (including phenoxy) is 1. The van der Waals surface area contributed by atoms with Crippen molar-refractivity contribution in [2.45, 2.75) is 0 Å². The first-order valence-electron chi connectivity index (χ1n) is 7.50. The van der Waals surface area contributed by atoms with Crippen LogP contribution in [0, 0.1) is 5.82 Å². The maximum atomic E-state index is 14.6. The van der Waals surface area contributed by atoms with Gasteiger partial charge < -0.3 is 21.2 Å². The number of hydrogen-bond acceptors (Lipinski definition) is 6. The van der Waals surface area contributed by atoms with Crippen LogP contribution in [0.2, 0.25) is 5.02 Å². The first-order chi connectivity index (χ1) is 12.5. The lowest BCUT2D eigenvalue weighted by Crippen LogP contribution is -2.01. The average molecular weight is 371 g/mol. The molecule has 26 heavy (non-hydrogen) atoms. The summed E-state index contributed by atoms with van der Waals surface area (Å²) in [6, 6.07) is 6.05. The number of rotatable bonds is 3. The van der Waals surface area contributed by atoms with Gasteiger partial charge in [-0.3, -0.25) is 0 Å². The van der Waals surface area contributed by atoms with Crippen LogP contribution in [0.3, 0.4) is 0 Å². The molecule has 0 amide bonds. The van der Waals surface area contributed by atoms with Crippen molar-refractivity contribution in [3.8, 4) is 22.6 Å². The van der Waals surface area contributed by atoms with Crippen molar-refractivity contribution in [3.05, 3.63) is 53.7 Å². The van der Waals surface area contributed by atoms with Gasteiger partial charge >= 0.3 is 0 Å². The number of anilines is 2. The van der Waals surface area contributed by atoms with Gasteiger partial charge in [0.05, 0.1) is 10.4 Å². The van der Waals surface area contributed by atoms with Crippen molar-refractivity contribution >= 4 is 34.4 Å². The van der Waals surface area contributed by atoms with Crippen LogP contribution in [0.1, 0.15) is 0 Å². The number of H-pyrrole nitrogens is 1. The highest BCUT2D eigenvalue weighted by atomic mass is 35.5. The summed E-state index contributed by atoms with van der Waals surface area (Å²) in [5, 5.41) is 1.01. The van der Waals surface area contributed by atoms with E-state index in [9.17, 15) is 4.39 Å². The molecule has 4 aromatic rings. The molecule has 0 aliphatic carbocycles. The molecule has 0 saturated carbocycles. The summed E-state index contributed by atoms with van der Waals surface area (Å²) in [4.78, 5) is 14.8. The van der Waals surface area contributed by atoms with Crippen LogP contribution < -0.4 is 16.2 Å². The Bertz CT molecular complexity index is 1130. The second-order valence-electron chi connectivity index (χ2n) is 5.44. The lowest BCUT2D eigenvalue weighted by molar-refractivity contribution is 0.446. The molecule has 0 fully saturated rings. The number of aromatic amines is 1. The average Bonchev–Trinajstić information content (AvgIpc) is 2.99. The predicted molar refractivity (Wildman–Crippen MR) is 97.4 cm³/mol. The van der Waals surface area contributed by atoms with Crippen molar-refractivity contribution in [2.24, 2.45) is 0 Å². The molecular formula is C17H12ClFN6O. The van der Waals surface area contributed by atoms with Gasteiger partial charge in [-0.1, -0.05) is 17.7 Å². The fourth-order valence-electron chi connectivity index (χ4n) is 2.57. The molecule has 0 atom stereocenters. The second kappa shape index (κ2) is 6.16. The molecule has 3 heterocycles. The summed E-state index contributed by atoms with van der Waals surface area (Å²) in [6.45, 7) is 0. The van der Waals surface area contributed by atoms with Crippen LogP contribution in [-0.2, 0) is 0 Å². The minimum atomic E-state index is -0.574. The van der Waals surface area contributed by atoms with Crippen molar-refractivity contribution in [1.82, 2.24) is 19.9 Å². The van der Waals surface area contributed by atoms with E-state index >= 15 is 0 Å². The molecule has 9 heteroatoms. The van der Waals surface area contributed by atoms with Crippen LogP contribution in [0.15, 0.2) is 42.9 Å².